The smallest absolute Gasteiger partial charge is 0.424 e. The van der Waals surface area contributed by atoms with E-state index in [4.69, 9.17) is 19.9 Å². The zero-order valence-corrected chi connectivity index (χ0v) is 22.3. The van der Waals surface area contributed by atoms with Crippen molar-refractivity contribution in [2.75, 3.05) is 20.3 Å². The molecule has 2 aromatic carbocycles. The minimum absolute atomic E-state index is 0.00927. The highest BCUT2D eigenvalue weighted by Crippen LogP contribution is 2.51. The van der Waals surface area contributed by atoms with E-state index in [1.54, 1.807) is 0 Å². The number of aromatic nitrogens is 1. The average molecular weight is 616 g/mol. The van der Waals surface area contributed by atoms with Gasteiger partial charge in [-0.15, -0.1) is 0 Å². The van der Waals surface area contributed by atoms with Crippen LogP contribution in [0, 0.1) is 5.82 Å². The number of pyridine rings is 1. The van der Waals surface area contributed by atoms with Gasteiger partial charge in [0.25, 0.3) is 5.91 Å². The van der Waals surface area contributed by atoms with Crippen LogP contribution >= 0.6 is 0 Å². The number of hydrogen-bond donors (Lipinski definition) is 3. The van der Waals surface area contributed by atoms with Crippen molar-refractivity contribution in [2.45, 2.75) is 42.4 Å². The van der Waals surface area contributed by atoms with Crippen molar-refractivity contribution >= 4 is 5.91 Å². The third-order valence-corrected chi connectivity index (χ3v) is 7.16. The van der Waals surface area contributed by atoms with E-state index in [1.807, 2.05) is 5.32 Å². The number of benzene rings is 2. The topological polar surface area (TPSA) is 116 Å². The molecule has 15 heteroatoms. The highest BCUT2D eigenvalue weighted by Gasteiger charge is 2.61. The van der Waals surface area contributed by atoms with Gasteiger partial charge in [0.15, 0.2) is 22.8 Å². The number of nitrogens with two attached hydrogens (primary N) is 1. The predicted octanol–water partition coefficient (Wildman–Crippen LogP) is 4.73. The number of nitrogens with zero attached hydrogens (tertiary/aromatic N) is 1. The van der Waals surface area contributed by atoms with Crippen LogP contribution in [0.3, 0.4) is 0 Å². The number of alkyl halides is 6. The lowest BCUT2D eigenvalue weighted by molar-refractivity contribution is -0.265. The fourth-order valence-corrected chi connectivity index (χ4v) is 4.44. The molecule has 2 atom stereocenters. The lowest BCUT2D eigenvalue weighted by atomic mass is 9.87. The van der Waals surface area contributed by atoms with E-state index in [2.05, 4.69) is 4.98 Å². The van der Waals surface area contributed by atoms with Gasteiger partial charge in [-0.1, -0.05) is 0 Å². The molecular formula is C28H24F7N3O5. The largest absolute Gasteiger partial charge is 0.493 e. The van der Waals surface area contributed by atoms with Crippen LogP contribution in [0.5, 0.6) is 17.2 Å². The third kappa shape index (κ3) is 5.54. The normalized spacial score (nSPS) is 19.7. The summed E-state index contributed by atoms with van der Waals surface area (Å²) >= 11 is 0. The van der Waals surface area contributed by atoms with Gasteiger partial charge in [0.05, 0.1) is 25.5 Å². The summed E-state index contributed by atoms with van der Waals surface area (Å²) in [7, 11) is 1.31. The molecule has 2 aliphatic rings. The number of methoxy groups -OCH3 is 1. The SMILES string of the molecule is COc1cc(C(=O)NC[C@](O)(c2cc3c(c(-c4ccc(F)cc4)n2)OC[C@@]3(N)C(F)(F)F)C(F)(F)F)ccc1OC1CC1. The molecule has 1 aromatic heterocycles. The van der Waals surface area contributed by atoms with Gasteiger partial charge in [0, 0.05) is 16.7 Å². The second-order valence-corrected chi connectivity index (χ2v) is 10.2. The summed E-state index contributed by atoms with van der Waals surface area (Å²) in [6, 6.07) is 8.20. The van der Waals surface area contributed by atoms with Gasteiger partial charge in [-0.25, -0.2) is 9.37 Å². The average Bonchev–Trinajstić information content (AvgIpc) is 3.70. The lowest BCUT2D eigenvalue weighted by Gasteiger charge is -2.32. The standard InChI is InChI=1S/C28H24F7N3O5/c1-41-20-10-15(4-9-19(20)43-17-7-8-17)24(39)37-12-26(40,28(33,34)35)21-11-18-23(42-13-25(18,36)27(30,31)32)22(38-21)14-2-5-16(29)6-3-14/h2-6,9-11,17,40H,7-8,12-13,36H2,1H3,(H,37,39)/t25-,26-/m0/s1. The maximum Gasteiger partial charge on any atom is 0.424 e. The van der Waals surface area contributed by atoms with Crippen molar-refractivity contribution in [1.82, 2.24) is 10.3 Å². The molecule has 0 spiro atoms. The van der Waals surface area contributed by atoms with E-state index in [-0.39, 0.29) is 23.0 Å². The van der Waals surface area contributed by atoms with Crippen LogP contribution in [-0.2, 0) is 11.1 Å². The molecule has 3 aromatic rings. The maximum absolute atomic E-state index is 14.5. The number of hydrogen-bond acceptors (Lipinski definition) is 7. The fourth-order valence-electron chi connectivity index (χ4n) is 4.44. The molecule has 5 rings (SSSR count). The van der Waals surface area contributed by atoms with Gasteiger partial charge >= 0.3 is 12.4 Å². The zero-order chi connectivity index (χ0) is 31.4. The highest BCUT2D eigenvalue weighted by molar-refractivity contribution is 5.95. The number of carbonyl (C=O) groups is 1. The molecule has 1 aliphatic heterocycles. The second-order valence-electron chi connectivity index (χ2n) is 10.2. The van der Waals surface area contributed by atoms with E-state index >= 15 is 0 Å². The van der Waals surface area contributed by atoms with E-state index in [0.29, 0.717) is 11.8 Å². The number of rotatable bonds is 8. The molecule has 230 valence electrons. The second kappa shape index (κ2) is 10.6. The van der Waals surface area contributed by atoms with Crippen molar-refractivity contribution in [1.29, 1.82) is 0 Å². The van der Waals surface area contributed by atoms with E-state index in [0.717, 1.165) is 37.1 Å². The van der Waals surface area contributed by atoms with Gasteiger partial charge in [0.1, 0.15) is 18.1 Å². The lowest BCUT2D eigenvalue weighted by Crippen LogP contribution is -2.53. The summed E-state index contributed by atoms with van der Waals surface area (Å²) in [5.41, 5.74) is -4.66. The Labute approximate surface area is 239 Å². The quantitative estimate of drug-likeness (QED) is 0.314. The van der Waals surface area contributed by atoms with Crippen LogP contribution < -0.4 is 25.3 Å². The highest BCUT2D eigenvalue weighted by atomic mass is 19.4. The van der Waals surface area contributed by atoms with Crippen LogP contribution in [0.1, 0.15) is 34.5 Å². The number of carbonyl (C=O) groups excluding carboxylic acids is 1. The molecule has 8 nitrogen and oxygen atoms in total. The molecular weight excluding hydrogens is 591 g/mol. The predicted molar refractivity (Wildman–Crippen MR) is 136 cm³/mol. The Morgan fingerprint density at radius 2 is 1.77 bits per heavy atom. The van der Waals surface area contributed by atoms with E-state index < -0.39 is 71.1 Å². The number of nitrogens with one attached hydrogen (secondary N) is 1. The Hall–Kier alpha value is -4.11. The monoisotopic (exact) mass is 615 g/mol. The maximum atomic E-state index is 14.5. The first kappa shape index (κ1) is 30.4. The molecule has 2 heterocycles. The number of amides is 1. The van der Waals surface area contributed by atoms with Crippen molar-refractivity contribution in [3.8, 4) is 28.5 Å². The molecule has 0 radical (unpaired) electrons. The first-order valence-electron chi connectivity index (χ1n) is 12.8. The Morgan fingerprint density at radius 3 is 2.35 bits per heavy atom. The van der Waals surface area contributed by atoms with E-state index in [1.165, 1.54) is 25.3 Å². The number of aliphatic hydroxyl groups is 1. The molecule has 0 unspecified atom stereocenters. The van der Waals surface area contributed by atoms with Gasteiger partial charge in [-0.3, -0.25) is 4.79 Å². The molecule has 43 heavy (non-hydrogen) atoms. The van der Waals surface area contributed by atoms with Crippen molar-refractivity contribution in [3.05, 3.63) is 71.2 Å². The summed E-state index contributed by atoms with van der Waals surface area (Å²) in [6.07, 6.45) is -9.08. The summed E-state index contributed by atoms with van der Waals surface area (Å²) < 4.78 is 115. The molecule has 4 N–H and O–H groups in total. The molecule has 1 fully saturated rings. The summed E-state index contributed by atoms with van der Waals surface area (Å²) in [5, 5.41) is 13.0. The Kier molecular flexibility index (Phi) is 7.45. The zero-order valence-electron chi connectivity index (χ0n) is 22.3. The van der Waals surface area contributed by atoms with Crippen LogP contribution in [-0.4, -0.2) is 54.7 Å². The minimum atomic E-state index is -5.56. The third-order valence-electron chi connectivity index (χ3n) is 7.16. The van der Waals surface area contributed by atoms with Crippen molar-refractivity contribution in [3.63, 3.8) is 0 Å². The van der Waals surface area contributed by atoms with Gasteiger partial charge < -0.3 is 30.4 Å². The number of fused-ring (bicyclic) bond motifs is 1. The first-order chi connectivity index (χ1) is 20.1. The minimum Gasteiger partial charge on any atom is -0.493 e. The van der Waals surface area contributed by atoms with Gasteiger partial charge in [-0.2, -0.15) is 26.3 Å². The summed E-state index contributed by atoms with van der Waals surface area (Å²) in [6.45, 7) is -2.73. The molecule has 1 aliphatic carbocycles. The Bertz CT molecular complexity index is 1540. The van der Waals surface area contributed by atoms with Crippen LogP contribution in [0.15, 0.2) is 48.5 Å². The van der Waals surface area contributed by atoms with Crippen LogP contribution in [0.2, 0.25) is 0 Å². The molecule has 0 bridgehead atoms. The van der Waals surface area contributed by atoms with Crippen molar-refractivity contribution < 1.29 is 54.8 Å². The fraction of sp³-hybridized carbons (Fsp3) is 0.357. The van der Waals surface area contributed by atoms with Crippen LogP contribution in [0.25, 0.3) is 11.3 Å². The summed E-state index contributed by atoms with van der Waals surface area (Å²) in [4.78, 5) is 16.7. The first-order valence-corrected chi connectivity index (χ1v) is 12.8. The van der Waals surface area contributed by atoms with E-state index in [9.17, 15) is 40.6 Å². The molecule has 1 amide bonds. The Morgan fingerprint density at radius 1 is 1.09 bits per heavy atom. The van der Waals surface area contributed by atoms with Gasteiger partial charge in [-0.05, 0) is 61.4 Å². The molecule has 1 saturated carbocycles. The number of halogens is 7. The van der Waals surface area contributed by atoms with Crippen molar-refractivity contribution in [2.24, 2.45) is 5.73 Å². The molecule has 0 saturated heterocycles. The van der Waals surface area contributed by atoms with Gasteiger partial charge in [0.2, 0.25) is 5.60 Å². The van der Waals surface area contributed by atoms with Crippen LogP contribution in [0.4, 0.5) is 30.7 Å². The summed E-state index contributed by atoms with van der Waals surface area (Å²) in [5.74, 6) is -1.92. The number of ether oxygens (including phenoxy) is 3. The Balaban J connectivity index is 1.54.